The molecule has 0 saturated heterocycles. The third kappa shape index (κ3) is 5.41. The topological polar surface area (TPSA) is 69.0 Å². The lowest BCUT2D eigenvalue weighted by Gasteiger charge is -2.09. The molecule has 4 rings (SSSR count). The van der Waals surface area contributed by atoms with E-state index in [4.69, 9.17) is 16.3 Å². The van der Waals surface area contributed by atoms with E-state index in [0.29, 0.717) is 40.6 Å². The van der Waals surface area contributed by atoms with Gasteiger partial charge in [-0.25, -0.2) is 4.68 Å². The van der Waals surface area contributed by atoms with Gasteiger partial charge in [-0.15, -0.1) is 5.10 Å². The highest BCUT2D eigenvalue weighted by Gasteiger charge is 2.16. The number of amides is 1. The van der Waals surface area contributed by atoms with E-state index < -0.39 is 0 Å². The van der Waals surface area contributed by atoms with Crippen LogP contribution in [-0.2, 0) is 0 Å². The summed E-state index contributed by atoms with van der Waals surface area (Å²) in [6, 6.07) is 22.8. The van der Waals surface area contributed by atoms with Crippen LogP contribution in [0.25, 0.3) is 17.1 Å². The molecule has 0 aliphatic rings. The van der Waals surface area contributed by atoms with Crippen LogP contribution in [0.5, 0.6) is 6.01 Å². The summed E-state index contributed by atoms with van der Waals surface area (Å²) in [5.41, 5.74) is 3.97. The number of rotatable bonds is 7. The molecule has 1 aromatic heterocycles. The minimum Gasteiger partial charge on any atom is -0.462 e. The van der Waals surface area contributed by atoms with E-state index in [-0.39, 0.29) is 5.91 Å². The normalized spacial score (nSPS) is 10.9. The summed E-state index contributed by atoms with van der Waals surface area (Å²) in [6.07, 6.45) is 0. The Hall–Kier alpha value is -3.64. The van der Waals surface area contributed by atoms with Crippen LogP contribution < -0.4 is 10.1 Å². The van der Waals surface area contributed by atoms with Crippen LogP contribution in [0.3, 0.4) is 0 Å². The highest BCUT2D eigenvalue weighted by atomic mass is 35.5. The van der Waals surface area contributed by atoms with Gasteiger partial charge < -0.3 is 10.1 Å². The third-order valence-electron chi connectivity index (χ3n) is 4.93. The second-order valence-corrected chi connectivity index (χ2v) is 8.59. The van der Waals surface area contributed by atoms with Crippen molar-refractivity contribution >= 4 is 23.2 Å². The van der Waals surface area contributed by atoms with E-state index in [0.717, 1.165) is 11.3 Å². The fourth-order valence-corrected chi connectivity index (χ4v) is 3.42. The molecule has 3 aromatic carbocycles. The summed E-state index contributed by atoms with van der Waals surface area (Å²) < 4.78 is 7.53. The Bertz CT molecular complexity index is 1250. The van der Waals surface area contributed by atoms with Gasteiger partial charge in [-0.05, 0) is 49.2 Å². The first-order chi connectivity index (χ1) is 15.9. The highest BCUT2D eigenvalue weighted by molar-refractivity contribution is 6.34. The van der Waals surface area contributed by atoms with Crippen LogP contribution in [0.4, 0.5) is 5.69 Å². The lowest BCUT2D eigenvalue weighted by molar-refractivity contribution is 0.102. The zero-order chi connectivity index (χ0) is 23.4. The molecule has 1 N–H and O–H groups in total. The van der Waals surface area contributed by atoms with Gasteiger partial charge in [-0.1, -0.05) is 67.4 Å². The fraction of sp³-hybridized carbons (Fsp3) is 0.192. The number of carbonyl (C=O) groups excluding carboxylic acids is 1. The van der Waals surface area contributed by atoms with Crippen molar-refractivity contribution in [3.8, 4) is 23.1 Å². The number of benzene rings is 3. The zero-order valence-electron chi connectivity index (χ0n) is 18.7. The van der Waals surface area contributed by atoms with Crippen molar-refractivity contribution in [1.82, 2.24) is 14.8 Å². The van der Waals surface area contributed by atoms with Crippen LogP contribution in [-0.4, -0.2) is 27.3 Å². The van der Waals surface area contributed by atoms with E-state index in [1.54, 1.807) is 28.9 Å². The molecule has 0 aliphatic heterocycles. The van der Waals surface area contributed by atoms with E-state index in [2.05, 4.69) is 29.2 Å². The quantitative estimate of drug-likeness (QED) is 0.357. The maximum Gasteiger partial charge on any atom is 0.336 e. The lowest BCUT2D eigenvalue weighted by Crippen LogP contribution is -2.12. The van der Waals surface area contributed by atoms with E-state index in [1.807, 2.05) is 55.5 Å². The van der Waals surface area contributed by atoms with Crippen molar-refractivity contribution < 1.29 is 9.53 Å². The average Bonchev–Trinajstić information content (AvgIpc) is 3.23. The Balaban J connectivity index is 1.61. The summed E-state index contributed by atoms with van der Waals surface area (Å²) in [6.45, 7) is 6.73. The van der Waals surface area contributed by atoms with Crippen molar-refractivity contribution in [3.05, 3.63) is 88.9 Å². The molecule has 0 radical (unpaired) electrons. The molecule has 168 valence electrons. The van der Waals surface area contributed by atoms with Gasteiger partial charge in [0, 0.05) is 11.3 Å². The summed E-state index contributed by atoms with van der Waals surface area (Å²) in [4.78, 5) is 17.2. The third-order valence-corrected chi connectivity index (χ3v) is 5.26. The number of ether oxygens (including phenoxy) is 1. The molecular weight excluding hydrogens is 436 g/mol. The minimum absolute atomic E-state index is 0.265. The fourth-order valence-electron chi connectivity index (χ4n) is 3.19. The smallest absolute Gasteiger partial charge is 0.336 e. The molecule has 6 nitrogen and oxygen atoms in total. The molecule has 0 aliphatic carbocycles. The maximum atomic E-state index is 12.5. The molecular formula is C26H25ClN4O2. The molecule has 1 amide bonds. The second-order valence-electron chi connectivity index (χ2n) is 8.18. The zero-order valence-corrected chi connectivity index (χ0v) is 19.5. The maximum absolute atomic E-state index is 12.5. The molecule has 0 atom stereocenters. The SMILES string of the molecule is Cc1ccc(-c2nc(OCC(C)C)nn2-c2ccc(NC(=O)c3ccccc3Cl)cc2)cc1. The molecule has 7 heteroatoms. The molecule has 0 unspecified atom stereocenters. The van der Waals surface area contributed by atoms with Gasteiger partial charge >= 0.3 is 6.01 Å². The summed E-state index contributed by atoms with van der Waals surface area (Å²) >= 11 is 6.13. The van der Waals surface area contributed by atoms with Gasteiger partial charge in [0.05, 0.1) is 22.9 Å². The van der Waals surface area contributed by atoms with Gasteiger partial charge in [0.1, 0.15) is 0 Å². The van der Waals surface area contributed by atoms with Crippen LogP contribution in [0.15, 0.2) is 72.8 Å². The number of halogens is 1. The number of aromatic nitrogens is 3. The first kappa shape index (κ1) is 22.6. The summed E-state index contributed by atoms with van der Waals surface area (Å²) in [7, 11) is 0. The van der Waals surface area contributed by atoms with Gasteiger partial charge in [0.15, 0.2) is 5.82 Å². The minimum atomic E-state index is -0.265. The molecule has 0 saturated carbocycles. The first-order valence-corrected chi connectivity index (χ1v) is 11.1. The predicted molar refractivity (Wildman–Crippen MR) is 131 cm³/mol. The highest BCUT2D eigenvalue weighted by Crippen LogP contribution is 2.25. The number of nitrogens with zero attached hydrogens (tertiary/aromatic N) is 3. The van der Waals surface area contributed by atoms with Crippen molar-refractivity contribution in [3.63, 3.8) is 0 Å². The largest absolute Gasteiger partial charge is 0.462 e. The van der Waals surface area contributed by atoms with Crippen LogP contribution >= 0.6 is 11.6 Å². The Labute approximate surface area is 198 Å². The van der Waals surface area contributed by atoms with Crippen LogP contribution in [0.2, 0.25) is 5.02 Å². The van der Waals surface area contributed by atoms with Crippen molar-refractivity contribution in [2.24, 2.45) is 5.92 Å². The summed E-state index contributed by atoms with van der Waals surface area (Å²) in [5.74, 6) is 0.779. The van der Waals surface area contributed by atoms with Gasteiger partial charge in [-0.2, -0.15) is 4.98 Å². The predicted octanol–water partition coefficient (Wildman–Crippen LogP) is 6.18. The Morgan fingerprint density at radius 1 is 1.03 bits per heavy atom. The van der Waals surface area contributed by atoms with Gasteiger partial charge in [0.2, 0.25) is 0 Å². The monoisotopic (exact) mass is 460 g/mol. The number of carbonyl (C=O) groups is 1. The van der Waals surface area contributed by atoms with Crippen LogP contribution in [0.1, 0.15) is 29.8 Å². The molecule has 0 fully saturated rings. The summed E-state index contributed by atoms with van der Waals surface area (Å²) in [5, 5.41) is 7.86. The number of hydrogen-bond donors (Lipinski definition) is 1. The van der Waals surface area contributed by atoms with Gasteiger partial charge in [0.25, 0.3) is 5.91 Å². The molecule has 4 aromatic rings. The van der Waals surface area contributed by atoms with E-state index in [9.17, 15) is 4.79 Å². The number of hydrogen-bond acceptors (Lipinski definition) is 4. The molecule has 33 heavy (non-hydrogen) atoms. The van der Waals surface area contributed by atoms with Crippen molar-refractivity contribution in [1.29, 1.82) is 0 Å². The average molecular weight is 461 g/mol. The standard InChI is InChI=1S/C26H25ClN4O2/c1-17(2)16-33-26-29-24(19-10-8-18(3)9-11-19)31(30-26)21-14-12-20(13-15-21)28-25(32)22-6-4-5-7-23(22)27/h4-15,17H,16H2,1-3H3,(H,28,32). The molecule has 0 spiro atoms. The van der Waals surface area contributed by atoms with Gasteiger partial charge in [-0.3, -0.25) is 4.79 Å². The molecule has 1 heterocycles. The van der Waals surface area contributed by atoms with Crippen molar-refractivity contribution in [2.75, 3.05) is 11.9 Å². The van der Waals surface area contributed by atoms with Crippen LogP contribution in [0, 0.1) is 12.8 Å². The van der Waals surface area contributed by atoms with Crippen molar-refractivity contribution in [2.45, 2.75) is 20.8 Å². The second kappa shape index (κ2) is 9.88. The molecule has 0 bridgehead atoms. The Morgan fingerprint density at radius 3 is 2.39 bits per heavy atom. The number of anilines is 1. The first-order valence-electron chi connectivity index (χ1n) is 10.7. The van der Waals surface area contributed by atoms with E-state index in [1.165, 1.54) is 5.56 Å². The number of aryl methyl sites for hydroxylation is 1. The lowest BCUT2D eigenvalue weighted by atomic mass is 10.1. The van der Waals surface area contributed by atoms with E-state index >= 15 is 0 Å². The Morgan fingerprint density at radius 2 is 1.73 bits per heavy atom. The number of nitrogens with one attached hydrogen (secondary N) is 1. The Kier molecular flexibility index (Phi) is 6.75.